The zero-order valence-corrected chi connectivity index (χ0v) is 12.4. The van der Waals surface area contributed by atoms with Crippen LogP contribution in [-0.4, -0.2) is 15.9 Å². The van der Waals surface area contributed by atoms with E-state index in [0.717, 1.165) is 10.6 Å². The van der Waals surface area contributed by atoms with E-state index in [2.05, 4.69) is 15.3 Å². The summed E-state index contributed by atoms with van der Waals surface area (Å²) in [6, 6.07) is 6.14. The molecule has 2 heterocycles. The van der Waals surface area contributed by atoms with Gasteiger partial charge < -0.3 is 5.32 Å². The molecule has 0 aliphatic rings. The lowest BCUT2D eigenvalue weighted by Gasteiger charge is -1.99. The Morgan fingerprint density at radius 2 is 2.05 bits per heavy atom. The molecular formula is C14H10FN3OS2. The van der Waals surface area contributed by atoms with Gasteiger partial charge in [-0.15, -0.1) is 22.7 Å². The summed E-state index contributed by atoms with van der Waals surface area (Å²) in [7, 11) is 0. The van der Waals surface area contributed by atoms with Gasteiger partial charge in [-0.3, -0.25) is 4.79 Å². The van der Waals surface area contributed by atoms with Crippen molar-refractivity contribution in [3.05, 3.63) is 52.7 Å². The Morgan fingerprint density at radius 3 is 2.76 bits per heavy atom. The second kappa shape index (κ2) is 6.11. The van der Waals surface area contributed by atoms with Crippen LogP contribution in [0.2, 0.25) is 0 Å². The Bertz CT molecular complexity index is 738. The van der Waals surface area contributed by atoms with Gasteiger partial charge in [0.15, 0.2) is 5.13 Å². The molecule has 4 nitrogen and oxygen atoms in total. The van der Waals surface area contributed by atoms with Crippen molar-refractivity contribution in [2.24, 2.45) is 0 Å². The third-order valence-electron chi connectivity index (χ3n) is 2.66. The SMILES string of the molecule is O=C(Cc1csc(-c2ccc(F)cc2)n1)Nc1nccs1. The van der Waals surface area contributed by atoms with Gasteiger partial charge in [-0.05, 0) is 24.3 Å². The summed E-state index contributed by atoms with van der Waals surface area (Å²) in [5.41, 5.74) is 1.53. The summed E-state index contributed by atoms with van der Waals surface area (Å²) in [6.45, 7) is 0. The van der Waals surface area contributed by atoms with Crippen molar-refractivity contribution in [3.63, 3.8) is 0 Å². The zero-order chi connectivity index (χ0) is 14.7. The van der Waals surface area contributed by atoms with Crippen LogP contribution in [0.3, 0.4) is 0 Å². The van der Waals surface area contributed by atoms with Gasteiger partial charge in [0.25, 0.3) is 0 Å². The third kappa shape index (κ3) is 3.50. The molecule has 0 aliphatic heterocycles. The number of hydrogen-bond acceptors (Lipinski definition) is 5. The number of amides is 1. The summed E-state index contributed by atoms with van der Waals surface area (Å²) >= 11 is 2.80. The summed E-state index contributed by atoms with van der Waals surface area (Å²) in [4.78, 5) is 20.2. The Kier molecular flexibility index (Phi) is 4.03. The van der Waals surface area contributed by atoms with Crippen LogP contribution in [-0.2, 0) is 11.2 Å². The first kappa shape index (κ1) is 13.8. The minimum atomic E-state index is -0.279. The van der Waals surface area contributed by atoms with E-state index in [1.165, 1.54) is 34.8 Å². The molecule has 1 N–H and O–H groups in total. The fraction of sp³-hybridized carbons (Fsp3) is 0.0714. The first-order valence-electron chi connectivity index (χ1n) is 6.10. The van der Waals surface area contributed by atoms with Crippen LogP contribution in [0, 0.1) is 5.82 Å². The number of thiazole rings is 2. The molecule has 0 radical (unpaired) electrons. The molecule has 2 aromatic heterocycles. The van der Waals surface area contributed by atoms with Crippen molar-refractivity contribution in [3.8, 4) is 10.6 Å². The molecule has 21 heavy (non-hydrogen) atoms. The molecule has 106 valence electrons. The summed E-state index contributed by atoms with van der Waals surface area (Å²) < 4.78 is 12.9. The molecule has 0 unspecified atom stereocenters. The average Bonchev–Trinajstić information content (AvgIpc) is 3.11. The highest BCUT2D eigenvalue weighted by Crippen LogP contribution is 2.24. The lowest BCUT2D eigenvalue weighted by atomic mass is 10.2. The highest BCUT2D eigenvalue weighted by Gasteiger charge is 2.10. The smallest absolute Gasteiger partial charge is 0.232 e. The molecule has 0 aliphatic carbocycles. The van der Waals surface area contributed by atoms with Crippen LogP contribution < -0.4 is 5.32 Å². The number of benzene rings is 1. The Balaban J connectivity index is 1.67. The van der Waals surface area contributed by atoms with Crippen LogP contribution in [0.25, 0.3) is 10.6 Å². The van der Waals surface area contributed by atoms with Gasteiger partial charge in [0.2, 0.25) is 5.91 Å². The van der Waals surface area contributed by atoms with Gasteiger partial charge in [-0.1, -0.05) is 0 Å². The molecule has 3 rings (SSSR count). The van der Waals surface area contributed by atoms with E-state index in [1.54, 1.807) is 23.7 Å². The monoisotopic (exact) mass is 319 g/mol. The maximum atomic E-state index is 12.9. The highest BCUT2D eigenvalue weighted by molar-refractivity contribution is 7.13. The molecule has 0 bridgehead atoms. The molecule has 0 saturated heterocycles. The van der Waals surface area contributed by atoms with Crippen molar-refractivity contribution < 1.29 is 9.18 Å². The highest BCUT2D eigenvalue weighted by atomic mass is 32.1. The standard InChI is InChI=1S/C14H10FN3OS2/c15-10-3-1-9(2-4-10)13-17-11(8-21-13)7-12(19)18-14-16-5-6-20-14/h1-6,8H,7H2,(H,16,18,19). The number of rotatable bonds is 4. The Hall–Kier alpha value is -2.12. The van der Waals surface area contributed by atoms with E-state index in [1.807, 2.05) is 5.38 Å². The number of hydrogen-bond donors (Lipinski definition) is 1. The summed E-state index contributed by atoms with van der Waals surface area (Å²) in [5, 5.41) is 7.69. The van der Waals surface area contributed by atoms with Gasteiger partial charge in [0.1, 0.15) is 10.8 Å². The second-order valence-electron chi connectivity index (χ2n) is 4.21. The molecule has 0 fully saturated rings. The van der Waals surface area contributed by atoms with E-state index in [4.69, 9.17) is 0 Å². The number of carbonyl (C=O) groups is 1. The second-order valence-corrected chi connectivity index (χ2v) is 5.97. The average molecular weight is 319 g/mol. The number of anilines is 1. The third-order valence-corrected chi connectivity index (χ3v) is 4.29. The largest absolute Gasteiger partial charge is 0.302 e. The quantitative estimate of drug-likeness (QED) is 0.799. The van der Waals surface area contributed by atoms with E-state index in [-0.39, 0.29) is 18.1 Å². The lowest BCUT2D eigenvalue weighted by Crippen LogP contribution is -2.14. The van der Waals surface area contributed by atoms with Crippen molar-refractivity contribution >= 4 is 33.7 Å². The van der Waals surface area contributed by atoms with Crippen LogP contribution in [0.4, 0.5) is 9.52 Å². The molecule has 0 saturated carbocycles. The van der Waals surface area contributed by atoms with Gasteiger partial charge in [0.05, 0.1) is 12.1 Å². The van der Waals surface area contributed by atoms with Crippen molar-refractivity contribution in [1.82, 2.24) is 9.97 Å². The number of carbonyl (C=O) groups excluding carboxylic acids is 1. The van der Waals surface area contributed by atoms with Gasteiger partial charge in [0, 0.05) is 22.5 Å². The molecule has 0 spiro atoms. The predicted molar refractivity (Wildman–Crippen MR) is 82.0 cm³/mol. The molecule has 7 heteroatoms. The number of aromatic nitrogens is 2. The fourth-order valence-electron chi connectivity index (χ4n) is 1.73. The minimum absolute atomic E-state index is 0.152. The number of halogens is 1. The number of nitrogens with one attached hydrogen (secondary N) is 1. The molecule has 3 aromatic rings. The van der Waals surface area contributed by atoms with Crippen LogP contribution in [0.1, 0.15) is 5.69 Å². The first-order chi connectivity index (χ1) is 10.2. The van der Waals surface area contributed by atoms with Gasteiger partial charge in [-0.25, -0.2) is 14.4 Å². The minimum Gasteiger partial charge on any atom is -0.302 e. The van der Waals surface area contributed by atoms with Crippen molar-refractivity contribution in [2.75, 3.05) is 5.32 Å². The maximum Gasteiger partial charge on any atom is 0.232 e. The first-order valence-corrected chi connectivity index (χ1v) is 7.86. The number of nitrogens with zero attached hydrogens (tertiary/aromatic N) is 2. The van der Waals surface area contributed by atoms with E-state index in [0.29, 0.717) is 10.8 Å². The Morgan fingerprint density at radius 1 is 1.24 bits per heavy atom. The fourth-order valence-corrected chi connectivity index (χ4v) is 3.10. The molecule has 1 aromatic carbocycles. The molecular weight excluding hydrogens is 309 g/mol. The van der Waals surface area contributed by atoms with Crippen LogP contribution in [0.5, 0.6) is 0 Å². The van der Waals surface area contributed by atoms with E-state index in [9.17, 15) is 9.18 Å². The van der Waals surface area contributed by atoms with E-state index >= 15 is 0 Å². The predicted octanol–water partition coefficient (Wildman–Crippen LogP) is 3.59. The Labute approximate surface area is 128 Å². The van der Waals surface area contributed by atoms with Gasteiger partial charge in [-0.2, -0.15) is 0 Å². The van der Waals surface area contributed by atoms with Crippen molar-refractivity contribution in [2.45, 2.75) is 6.42 Å². The maximum absolute atomic E-state index is 12.9. The van der Waals surface area contributed by atoms with Crippen LogP contribution in [0.15, 0.2) is 41.2 Å². The van der Waals surface area contributed by atoms with Crippen LogP contribution >= 0.6 is 22.7 Å². The molecule has 0 atom stereocenters. The summed E-state index contributed by atoms with van der Waals surface area (Å²) in [6.07, 6.45) is 1.83. The van der Waals surface area contributed by atoms with E-state index < -0.39 is 0 Å². The molecule has 1 amide bonds. The summed E-state index contributed by atoms with van der Waals surface area (Å²) in [5.74, 6) is -0.431. The zero-order valence-electron chi connectivity index (χ0n) is 10.7. The van der Waals surface area contributed by atoms with Gasteiger partial charge >= 0.3 is 0 Å². The normalized spacial score (nSPS) is 10.5. The van der Waals surface area contributed by atoms with Crippen molar-refractivity contribution in [1.29, 1.82) is 0 Å². The lowest BCUT2D eigenvalue weighted by molar-refractivity contribution is -0.115. The topological polar surface area (TPSA) is 54.9 Å².